The van der Waals surface area contributed by atoms with Crippen molar-refractivity contribution < 1.29 is 4.79 Å². The molecule has 0 aliphatic carbocycles. The van der Waals surface area contributed by atoms with E-state index in [0.717, 1.165) is 54.8 Å². The lowest BCUT2D eigenvalue weighted by molar-refractivity contribution is -0.113. The van der Waals surface area contributed by atoms with E-state index in [9.17, 15) is 4.79 Å². The van der Waals surface area contributed by atoms with Crippen molar-refractivity contribution in [2.45, 2.75) is 32.9 Å². The van der Waals surface area contributed by atoms with Crippen LogP contribution in [-0.4, -0.2) is 58.8 Å². The number of likely N-dealkylation sites (N-methyl/N-ethyl adjacent to an activating group) is 1. The third-order valence-corrected chi connectivity index (χ3v) is 7.20. The Bertz CT molecular complexity index is 1120. The average Bonchev–Trinajstić information content (AvgIpc) is 3.29. The molecule has 1 aliphatic heterocycles. The monoisotopic (exact) mass is 463 g/mol. The van der Waals surface area contributed by atoms with Gasteiger partial charge in [-0.1, -0.05) is 30.8 Å². The van der Waals surface area contributed by atoms with Crippen LogP contribution in [0.4, 0.5) is 11.4 Å². The lowest BCUT2D eigenvalue weighted by Crippen LogP contribution is -2.46. The van der Waals surface area contributed by atoms with Crippen LogP contribution in [0.2, 0.25) is 0 Å². The summed E-state index contributed by atoms with van der Waals surface area (Å²) in [6.07, 6.45) is 3.73. The van der Waals surface area contributed by atoms with Gasteiger partial charge in [0.2, 0.25) is 5.91 Å². The van der Waals surface area contributed by atoms with Crippen molar-refractivity contribution in [2.75, 3.05) is 48.7 Å². The van der Waals surface area contributed by atoms with E-state index in [1.54, 1.807) is 6.20 Å². The van der Waals surface area contributed by atoms with Crippen molar-refractivity contribution in [3.8, 4) is 5.69 Å². The highest BCUT2D eigenvalue weighted by Gasteiger charge is 2.17. The normalized spacial score (nSPS) is 14.5. The van der Waals surface area contributed by atoms with Crippen molar-refractivity contribution in [1.29, 1.82) is 0 Å². The second kappa shape index (κ2) is 10.4. The number of aryl methyl sites for hydroxylation is 3. The van der Waals surface area contributed by atoms with E-state index in [-0.39, 0.29) is 5.91 Å². The first-order valence-corrected chi connectivity index (χ1v) is 12.5. The van der Waals surface area contributed by atoms with Gasteiger partial charge in [-0.15, -0.1) is 0 Å². The van der Waals surface area contributed by atoms with Crippen molar-refractivity contribution in [2.24, 2.45) is 0 Å². The van der Waals surface area contributed by atoms with Gasteiger partial charge in [-0.05, 0) is 68.3 Å². The van der Waals surface area contributed by atoms with Gasteiger partial charge in [-0.3, -0.25) is 9.36 Å². The molecule has 0 radical (unpaired) electrons. The van der Waals surface area contributed by atoms with Gasteiger partial charge in [0, 0.05) is 49.9 Å². The maximum absolute atomic E-state index is 12.7. The summed E-state index contributed by atoms with van der Waals surface area (Å²) in [4.78, 5) is 22.1. The summed E-state index contributed by atoms with van der Waals surface area (Å²) >= 11 is 1.45. The van der Waals surface area contributed by atoms with Crippen molar-refractivity contribution in [3.63, 3.8) is 0 Å². The van der Waals surface area contributed by atoms with Crippen LogP contribution in [0.5, 0.6) is 0 Å². The number of hydrogen-bond donors (Lipinski definition) is 1. The van der Waals surface area contributed by atoms with E-state index >= 15 is 0 Å². The number of amides is 1. The number of thioether (sulfide) groups is 1. The summed E-state index contributed by atoms with van der Waals surface area (Å²) in [7, 11) is 0. The largest absolute Gasteiger partial charge is 0.369 e. The van der Waals surface area contributed by atoms with E-state index in [2.05, 4.69) is 82.7 Å². The van der Waals surface area contributed by atoms with Gasteiger partial charge >= 0.3 is 0 Å². The average molecular weight is 464 g/mol. The number of carbonyl (C=O) groups excluding carboxylic acids is 1. The number of rotatable bonds is 7. The van der Waals surface area contributed by atoms with E-state index in [4.69, 9.17) is 0 Å². The molecule has 7 heteroatoms. The Morgan fingerprint density at radius 2 is 1.82 bits per heavy atom. The highest BCUT2D eigenvalue weighted by Crippen LogP contribution is 2.26. The summed E-state index contributed by atoms with van der Waals surface area (Å²) in [6.45, 7) is 13.8. The highest BCUT2D eigenvalue weighted by molar-refractivity contribution is 7.99. The Morgan fingerprint density at radius 3 is 2.55 bits per heavy atom. The molecular weight excluding hydrogens is 430 g/mol. The molecule has 0 bridgehead atoms. The predicted molar refractivity (Wildman–Crippen MR) is 138 cm³/mol. The Kier molecular flexibility index (Phi) is 7.40. The number of carbonyl (C=O) groups is 1. The fraction of sp³-hybridized carbons (Fsp3) is 0.385. The van der Waals surface area contributed by atoms with Crippen LogP contribution in [0.1, 0.15) is 23.6 Å². The third kappa shape index (κ3) is 5.60. The van der Waals surface area contributed by atoms with Crippen molar-refractivity contribution in [3.05, 3.63) is 65.5 Å². The highest BCUT2D eigenvalue weighted by atomic mass is 32.2. The summed E-state index contributed by atoms with van der Waals surface area (Å²) in [6, 6.07) is 12.7. The minimum Gasteiger partial charge on any atom is -0.369 e. The molecule has 2 aromatic carbocycles. The number of piperazine rings is 1. The van der Waals surface area contributed by atoms with Crippen molar-refractivity contribution in [1.82, 2.24) is 14.5 Å². The van der Waals surface area contributed by atoms with Gasteiger partial charge in [0.15, 0.2) is 5.16 Å². The lowest BCUT2D eigenvalue weighted by atomic mass is 10.1. The molecule has 1 aliphatic rings. The predicted octanol–water partition coefficient (Wildman–Crippen LogP) is 4.67. The molecule has 0 spiro atoms. The number of hydrogen-bond acceptors (Lipinski definition) is 5. The smallest absolute Gasteiger partial charge is 0.234 e. The fourth-order valence-electron chi connectivity index (χ4n) is 4.18. The molecule has 1 saturated heterocycles. The van der Waals surface area contributed by atoms with Crippen LogP contribution in [0.3, 0.4) is 0 Å². The molecule has 0 saturated carbocycles. The number of aromatic nitrogens is 2. The minimum absolute atomic E-state index is 0.0251. The molecule has 3 aromatic rings. The first kappa shape index (κ1) is 23.4. The Hall–Kier alpha value is -2.77. The molecule has 1 aromatic heterocycles. The zero-order valence-corrected chi connectivity index (χ0v) is 20.8. The second-order valence-corrected chi connectivity index (χ2v) is 9.57. The first-order chi connectivity index (χ1) is 15.9. The zero-order valence-electron chi connectivity index (χ0n) is 20.0. The topological polar surface area (TPSA) is 53.4 Å². The maximum Gasteiger partial charge on any atom is 0.234 e. The van der Waals surface area contributed by atoms with Gasteiger partial charge < -0.3 is 15.1 Å². The summed E-state index contributed by atoms with van der Waals surface area (Å²) in [5.74, 6) is 0.283. The van der Waals surface area contributed by atoms with E-state index in [1.807, 2.05) is 12.3 Å². The SMILES string of the molecule is CCN1CCN(c2ccc(NC(=O)CSc3nccn3-c3cc(C)ccc3C)c(C)c2)CC1. The molecule has 174 valence electrons. The molecular formula is C26H33N5OS. The zero-order chi connectivity index (χ0) is 23.4. The molecule has 4 rings (SSSR count). The number of nitrogens with zero attached hydrogens (tertiary/aromatic N) is 4. The maximum atomic E-state index is 12.7. The van der Waals surface area contributed by atoms with Crippen LogP contribution in [0.25, 0.3) is 5.69 Å². The van der Waals surface area contributed by atoms with Gasteiger partial charge in [0.05, 0.1) is 11.4 Å². The Balaban J connectivity index is 1.36. The van der Waals surface area contributed by atoms with Gasteiger partial charge in [-0.25, -0.2) is 4.98 Å². The van der Waals surface area contributed by atoms with E-state index in [1.165, 1.54) is 28.6 Å². The van der Waals surface area contributed by atoms with Crippen LogP contribution in [0, 0.1) is 20.8 Å². The Labute approximate surface area is 201 Å². The van der Waals surface area contributed by atoms with Crippen LogP contribution in [0.15, 0.2) is 53.9 Å². The molecule has 0 atom stereocenters. The minimum atomic E-state index is -0.0251. The third-order valence-electron chi connectivity index (χ3n) is 6.23. The quantitative estimate of drug-likeness (QED) is 0.516. The molecule has 2 heterocycles. The van der Waals surface area contributed by atoms with E-state index in [0.29, 0.717) is 5.75 Å². The summed E-state index contributed by atoms with van der Waals surface area (Å²) in [5, 5.41) is 3.89. The fourth-order valence-corrected chi connectivity index (χ4v) is 4.95. The van der Waals surface area contributed by atoms with Crippen LogP contribution < -0.4 is 10.2 Å². The molecule has 1 fully saturated rings. The van der Waals surface area contributed by atoms with Crippen LogP contribution in [-0.2, 0) is 4.79 Å². The molecule has 33 heavy (non-hydrogen) atoms. The molecule has 1 N–H and O–H groups in total. The van der Waals surface area contributed by atoms with Crippen LogP contribution >= 0.6 is 11.8 Å². The molecule has 0 unspecified atom stereocenters. The number of nitrogens with one attached hydrogen (secondary N) is 1. The molecule has 1 amide bonds. The number of benzene rings is 2. The number of imidazole rings is 1. The summed E-state index contributed by atoms with van der Waals surface area (Å²) < 4.78 is 2.05. The van der Waals surface area contributed by atoms with Gasteiger partial charge in [-0.2, -0.15) is 0 Å². The summed E-state index contributed by atoms with van der Waals surface area (Å²) in [5.41, 5.74) is 6.66. The van der Waals surface area contributed by atoms with Gasteiger partial charge in [0.25, 0.3) is 0 Å². The van der Waals surface area contributed by atoms with Crippen molar-refractivity contribution >= 4 is 29.0 Å². The first-order valence-electron chi connectivity index (χ1n) is 11.6. The van der Waals surface area contributed by atoms with E-state index < -0.39 is 0 Å². The molecule has 6 nitrogen and oxygen atoms in total. The standard InChI is InChI=1S/C26H33N5OS/c1-5-29-12-14-30(15-13-29)22-8-9-23(21(4)17-22)28-25(32)18-33-26-27-10-11-31(26)24-16-19(2)6-7-20(24)3/h6-11,16-17H,5,12-15,18H2,1-4H3,(H,28,32). The number of anilines is 2. The Morgan fingerprint density at radius 1 is 1.03 bits per heavy atom. The second-order valence-electron chi connectivity index (χ2n) is 8.63. The lowest BCUT2D eigenvalue weighted by Gasteiger charge is -2.35. The van der Waals surface area contributed by atoms with Gasteiger partial charge in [0.1, 0.15) is 0 Å².